The monoisotopic (exact) mass is 222 g/mol. The average Bonchev–Trinajstić information content (AvgIpc) is 2.67. The molecule has 0 aliphatic heterocycles. The van der Waals surface area contributed by atoms with Crippen molar-refractivity contribution < 1.29 is 9.50 Å². The first-order valence-electron chi connectivity index (χ1n) is 6.02. The fourth-order valence-corrected chi connectivity index (χ4v) is 2.68. The number of halogens is 1. The van der Waals surface area contributed by atoms with Crippen LogP contribution in [0.25, 0.3) is 0 Å². The molecule has 88 valence electrons. The van der Waals surface area contributed by atoms with Gasteiger partial charge in [-0.15, -0.1) is 0 Å². The molecule has 1 nitrogen and oxygen atoms in total. The summed E-state index contributed by atoms with van der Waals surface area (Å²) in [5.41, 5.74) is 1.47. The standard InChI is InChI=1S/C14H19FO/c1-9-3-5-11(7-9)14(16)12-8-10(2)4-6-13(12)15/h4,6,8-9,11,14,16H,3,5,7H2,1-2H3. The molecule has 2 heteroatoms. The minimum atomic E-state index is -0.634. The normalized spacial score (nSPS) is 27.0. The molecule has 0 aromatic heterocycles. The Labute approximate surface area is 96.3 Å². The second-order valence-electron chi connectivity index (χ2n) is 5.15. The summed E-state index contributed by atoms with van der Waals surface area (Å²) in [6.07, 6.45) is 2.53. The highest BCUT2D eigenvalue weighted by atomic mass is 19.1. The quantitative estimate of drug-likeness (QED) is 0.810. The van der Waals surface area contributed by atoms with Crippen molar-refractivity contribution in [3.8, 4) is 0 Å². The van der Waals surface area contributed by atoms with Crippen molar-refractivity contribution in [2.24, 2.45) is 11.8 Å². The highest BCUT2D eigenvalue weighted by molar-refractivity contribution is 5.26. The molecule has 1 aromatic rings. The van der Waals surface area contributed by atoms with E-state index in [1.807, 2.05) is 6.92 Å². The average molecular weight is 222 g/mol. The summed E-state index contributed by atoms with van der Waals surface area (Å²) in [4.78, 5) is 0. The third-order valence-corrected chi connectivity index (χ3v) is 3.65. The molecular weight excluding hydrogens is 203 g/mol. The van der Waals surface area contributed by atoms with Crippen molar-refractivity contribution in [3.05, 3.63) is 35.1 Å². The van der Waals surface area contributed by atoms with Crippen molar-refractivity contribution in [1.82, 2.24) is 0 Å². The molecule has 3 atom stereocenters. The number of rotatable bonds is 2. The van der Waals surface area contributed by atoms with Gasteiger partial charge in [-0.25, -0.2) is 4.39 Å². The van der Waals surface area contributed by atoms with Crippen molar-refractivity contribution >= 4 is 0 Å². The van der Waals surface area contributed by atoms with Gasteiger partial charge in [-0.2, -0.15) is 0 Å². The molecule has 1 aromatic carbocycles. The van der Waals surface area contributed by atoms with E-state index in [4.69, 9.17) is 0 Å². The number of aliphatic hydroxyl groups is 1. The van der Waals surface area contributed by atoms with Gasteiger partial charge in [0, 0.05) is 5.56 Å². The lowest BCUT2D eigenvalue weighted by Crippen LogP contribution is -2.11. The van der Waals surface area contributed by atoms with E-state index in [0.29, 0.717) is 11.5 Å². The lowest BCUT2D eigenvalue weighted by molar-refractivity contribution is 0.106. The van der Waals surface area contributed by atoms with Crippen LogP contribution in [0, 0.1) is 24.6 Å². The van der Waals surface area contributed by atoms with Gasteiger partial charge in [-0.05, 0) is 37.7 Å². The van der Waals surface area contributed by atoms with Crippen molar-refractivity contribution in [1.29, 1.82) is 0 Å². The Kier molecular flexibility index (Phi) is 3.29. The summed E-state index contributed by atoms with van der Waals surface area (Å²) >= 11 is 0. The summed E-state index contributed by atoms with van der Waals surface area (Å²) in [6.45, 7) is 4.12. The number of hydrogen-bond acceptors (Lipinski definition) is 1. The van der Waals surface area contributed by atoms with Crippen LogP contribution in [0.4, 0.5) is 4.39 Å². The van der Waals surface area contributed by atoms with Crippen molar-refractivity contribution in [3.63, 3.8) is 0 Å². The second-order valence-corrected chi connectivity index (χ2v) is 5.15. The Balaban J connectivity index is 2.20. The van der Waals surface area contributed by atoms with E-state index in [0.717, 1.165) is 24.8 Å². The predicted octanol–water partition coefficient (Wildman–Crippen LogP) is 3.60. The van der Waals surface area contributed by atoms with Crippen LogP contribution in [0.3, 0.4) is 0 Å². The molecule has 0 radical (unpaired) electrons. The molecule has 0 saturated heterocycles. The lowest BCUT2D eigenvalue weighted by Gasteiger charge is -2.19. The number of aliphatic hydroxyl groups excluding tert-OH is 1. The topological polar surface area (TPSA) is 20.2 Å². The van der Waals surface area contributed by atoms with Gasteiger partial charge in [-0.1, -0.05) is 31.0 Å². The molecule has 1 fully saturated rings. The molecule has 2 rings (SSSR count). The number of benzene rings is 1. The van der Waals surface area contributed by atoms with E-state index in [9.17, 15) is 9.50 Å². The predicted molar refractivity (Wildman–Crippen MR) is 62.6 cm³/mol. The molecular formula is C14H19FO. The zero-order valence-corrected chi connectivity index (χ0v) is 9.91. The Morgan fingerprint density at radius 1 is 1.38 bits per heavy atom. The smallest absolute Gasteiger partial charge is 0.129 e. The Morgan fingerprint density at radius 2 is 2.12 bits per heavy atom. The summed E-state index contributed by atoms with van der Waals surface area (Å²) in [6, 6.07) is 4.96. The number of hydrogen-bond donors (Lipinski definition) is 1. The zero-order chi connectivity index (χ0) is 11.7. The SMILES string of the molecule is Cc1ccc(F)c(C(O)C2CCC(C)C2)c1. The fraction of sp³-hybridized carbons (Fsp3) is 0.571. The Hall–Kier alpha value is -0.890. The van der Waals surface area contributed by atoms with Crippen LogP contribution < -0.4 is 0 Å². The first-order chi connectivity index (χ1) is 7.58. The maximum absolute atomic E-state index is 13.6. The Morgan fingerprint density at radius 3 is 2.75 bits per heavy atom. The molecule has 0 bridgehead atoms. The van der Waals surface area contributed by atoms with Gasteiger partial charge < -0.3 is 5.11 Å². The van der Waals surface area contributed by atoms with Gasteiger partial charge in [-0.3, -0.25) is 0 Å². The molecule has 0 heterocycles. The first-order valence-corrected chi connectivity index (χ1v) is 6.02. The van der Waals surface area contributed by atoms with Gasteiger partial charge in [0.25, 0.3) is 0 Å². The van der Waals surface area contributed by atoms with Gasteiger partial charge in [0.15, 0.2) is 0 Å². The van der Waals surface area contributed by atoms with Crippen LogP contribution >= 0.6 is 0 Å². The maximum Gasteiger partial charge on any atom is 0.129 e. The molecule has 16 heavy (non-hydrogen) atoms. The third kappa shape index (κ3) is 2.27. The maximum atomic E-state index is 13.6. The molecule has 3 unspecified atom stereocenters. The molecule has 1 saturated carbocycles. The zero-order valence-electron chi connectivity index (χ0n) is 9.91. The van der Waals surface area contributed by atoms with Crippen molar-refractivity contribution in [2.75, 3.05) is 0 Å². The van der Waals surface area contributed by atoms with Crippen molar-refractivity contribution in [2.45, 2.75) is 39.2 Å². The highest BCUT2D eigenvalue weighted by Gasteiger charge is 2.29. The molecule has 1 aliphatic carbocycles. The van der Waals surface area contributed by atoms with E-state index >= 15 is 0 Å². The van der Waals surface area contributed by atoms with Gasteiger partial charge >= 0.3 is 0 Å². The van der Waals surface area contributed by atoms with E-state index in [2.05, 4.69) is 6.92 Å². The van der Waals surface area contributed by atoms with E-state index in [-0.39, 0.29) is 11.7 Å². The molecule has 1 N–H and O–H groups in total. The van der Waals surface area contributed by atoms with Crippen LogP contribution in [-0.2, 0) is 0 Å². The molecule has 1 aliphatic rings. The summed E-state index contributed by atoms with van der Waals surface area (Å²) < 4.78 is 13.6. The highest BCUT2D eigenvalue weighted by Crippen LogP contribution is 2.39. The second kappa shape index (κ2) is 4.54. The van der Waals surface area contributed by atoms with Crippen LogP contribution in [0.5, 0.6) is 0 Å². The summed E-state index contributed by atoms with van der Waals surface area (Å²) in [5, 5.41) is 10.2. The largest absolute Gasteiger partial charge is 0.388 e. The lowest BCUT2D eigenvalue weighted by atomic mass is 9.92. The Bertz CT molecular complexity index is 375. The first kappa shape index (κ1) is 11.6. The van der Waals surface area contributed by atoms with Gasteiger partial charge in [0.05, 0.1) is 6.10 Å². The summed E-state index contributed by atoms with van der Waals surface area (Å²) in [7, 11) is 0. The van der Waals surface area contributed by atoms with Crippen LogP contribution in [0.15, 0.2) is 18.2 Å². The van der Waals surface area contributed by atoms with Gasteiger partial charge in [0.1, 0.15) is 5.82 Å². The minimum Gasteiger partial charge on any atom is -0.388 e. The fourth-order valence-electron chi connectivity index (χ4n) is 2.68. The number of aryl methyl sites for hydroxylation is 1. The third-order valence-electron chi connectivity index (χ3n) is 3.65. The summed E-state index contributed by atoms with van der Waals surface area (Å²) in [5.74, 6) is 0.608. The van der Waals surface area contributed by atoms with E-state index in [1.165, 1.54) is 6.07 Å². The van der Waals surface area contributed by atoms with Crippen LogP contribution in [0.1, 0.15) is 43.4 Å². The van der Waals surface area contributed by atoms with Gasteiger partial charge in [0.2, 0.25) is 0 Å². The molecule has 0 amide bonds. The van der Waals surface area contributed by atoms with E-state index < -0.39 is 6.10 Å². The van der Waals surface area contributed by atoms with Crippen LogP contribution in [0.2, 0.25) is 0 Å². The van der Waals surface area contributed by atoms with E-state index in [1.54, 1.807) is 12.1 Å². The molecule has 0 spiro atoms. The van der Waals surface area contributed by atoms with Crippen LogP contribution in [-0.4, -0.2) is 5.11 Å². The minimum absolute atomic E-state index is 0.228.